The second-order valence-electron chi connectivity index (χ2n) is 7.59. The SMILES string of the molecule is Cc1ccc([C@H]2C=C3Nc4ncnn4[C@H](c4cc(F)cc(F)c4)[C@H]3C(=O)C2)cc1. The molecule has 2 aromatic carbocycles. The highest BCUT2D eigenvalue weighted by Gasteiger charge is 2.43. The minimum absolute atomic E-state index is 0.00334. The Morgan fingerprint density at radius 3 is 2.52 bits per heavy atom. The highest BCUT2D eigenvalue weighted by atomic mass is 19.1. The second kappa shape index (κ2) is 6.62. The molecule has 1 aliphatic carbocycles. The summed E-state index contributed by atoms with van der Waals surface area (Å²) in [5.74, 6) is -1.61. The van der Waals surface area contributed by atoms with Gasteiger partial charge in [-0.2, -0.15) is 10.1 Å². The van der Waals surface area contributed by atoms with Gasteiger partial charge in [0.05, 0.1) is 12.0 Å². The van der Waals surface area contributed by atoms with E-state index in [1.54, 1.807) is 0 Å². The molecule has 2 aliphatic rings. The van der Waals surface area contributed by atoms with Crippen LogP contribution in [0.3, 0.4) is 0 Å². The zero-order chi connectivity index (χ0) is 20.1. The molecule has 5 nitrogen and oxygen atoms in total. The Balaban J connectivity index is 1.62. The first-order valence-corrected chi connectivity index (χ1v) is 9.43. The Bertz CT molecular complexity index is 1120. The molecule has 1 N–H and O–H groups in total. The van der Waals surface area contributed by atoms with E-state index in [1.807, 2.05) is 37.3 Å². The van der Waals surface area contributed by atoms with E-state index < -0.39 is 23.6 Å². The summed E-state index contributed by atoms with van der Waals surface area (Å²) in [4.78, 5) is 17.4. The van der Waals surface area contributed by atoms with Gasteiger partial charge in [-0.3, -0.25) is 4.79 Å². The Morgan fingerprint density at radius 1 is 1.07 bits per heavy atom. The van der Waals surface area contributed by atoms with E-state index in [-0.39, 0.29) is 11.7 Å². The average Bonchev–Trinajstić information content (AvgIpc) is 3.14. The van der Waals surface area contributed by atoms with Crippen molar-refractivity contribution >= 4 is 11.7 Å². The normalized spacial score (nSPS) is 23.1. The first-order valence-electron chi connectivity index (χ1n) is 9.43. The van der Waals surface area contributed by atoms with Crippen molar-refractivity contribution in [2.24, 2.45) is 5.92 Å². The van der Waals surface area contributed by atoms with Crippen LogP contribution >= 0.6 is 0 Å². The molecule has 0 saturated carbocycles. The highest BCUT2D eigenvalue weighted by Crippen LogP contribution is 2.44. The number of ketones is 1. The summed E-state index contributed by atoms with van der Waals surface area (Å²) in [7, 11) is 0. The van der Waals surface area contributed by atoms with Gasteiger partial charge in [-0.25, -0.2) is 13.5 Å². The molecule has 29 heavy (non-hydrogen) atoms. The van der Waals surface area contributed by atoms with Crippen molar-refractivity contribution in [2.75, 3.05) is 5.32 Å². The van der Waals surface area contributed by atoms with Crippen LogP contribution in [0, 0.1) is 24.5 Å². The number of aromatic nitrogens is 3. The Labute approximate surface area is 166 Å². The zero-order valence-corrected chi connectivity index (χ0v) is 15.6. The van der Waals surface area contributed by atoms with Crippen molar-refractivity contribution in [1.82, 2.24) is 14.8 Å². The molecule has 1 aromatic heterocycles. The number of allylic oxidation sites excluding steroid dienone is 2. The summed E-state index contributed by atoms with van der Waals surface area (Å²) < 4.78 is 29.4. The van der Waals surface area contributed by atoms with Crippen molar-refractivity contribution in [3.05, 3.63) is 88.9 Å². The zero-order valence-electron chi connectivity index (χ0n) is 15.6. The first kappa shape index (κ1) is 17.7. The van der Waals surface area contributed by atoms with Crippen LogP contribution in [0.4, 0.5) is 14.7 Å². The number of halogens is 2. The predicted octanol–water partition coefficient (Wildman–Crippen LogP) is 4.14. The third-order valence-corrected chi connectivity index (χ3v) is 5.62. The number of Topliss-reactive ketones (excluding diaryl/α,β-unsaturated/α-hetero) is 1. The Hall–Kier alpha value is -3.35. The molecule has 2 heterocycles. The van der Waals surface area contributed by atoms with Gasteiger partial charge >= 0.3 is 0 Å². The third-order valence-electron chi connectivity index (χ3n) is 5.62. The Kier molecular flexibility index (Phi) is 4.04. The van der Waals surface area contributed by atoms with Crippen LogP contribution in [-0.4, -0.2) is 20.5 Å². The van der Waals surface area contributed by atoms with Gasteiger partial charge in [0, 0.05) is 24.1 Å². The van der Waals surface area contributed by atoms with E-state index in [0.29, 0.717) is 23.6 Å². The molecule has 7 heteroatoms. The summed E-state index contributed by atoms with van der Waals surface area (Å²) in [5, 5.41) is 7.40. The van der Waals surface area contributed by atoms with E-state index in [2.05, 4.69) is 15.4 Å². The standard InChI is InChI=1S/C22H18F2N4O/c1-12-2-4-13(5-3-12)14-8-18-20(19(29)9-14)21(28-22(27-18)25-11-26-28)15-6-16(23)10-17(24)7-15/h2-8,10-11,14,20-21H,9H2,1H3,(H,25,26,27)/t14-,20+,21+/m0/s1. The molecular formula is C22H18F2N4O. The minimum atomic E-state index is -0.688. The number of fused-ring (bicyclic) bond motifs is 2. The van der Waals surface area contributed by atoms with E-state index in [9.17, 15) is 13.6 Å². The lowest BCUT2D eigenvalue weighted by Gasteiger charge is -2.38. The number of aryl methyl sites for hydroxylation is 1. The van der Waals surface area contributed by atoms with Gasteiger partial charge < -0.3 is 5.32 Å². The molecule has 146 valence electrons. The lowest BCUT2D eigenvalue weighted by Crippen LogP contribution is -2.40. The molecule has 0 amide bonds. The van der Waals surface area contributed by atoms with Crippen LogP contribution in [-0.2, 0) is 4.79 Å². The number of carbonyl (C=O) groups excluding carboxylic acids is 1. The van der Waals surface area contributed by atoms with E-state index in [4.69, 9.17) is 0 Å². The number of benzene rings is 2. The summed E-state index contributed by atoms with van der Waals surface area (Å²) in [6, 6.07) is 10.8. The van der Waals surface area contributed by atoms with Crippen molar-refractivity contribution in [3.63, 3.8) is 0 Å². The monoisotopic (exact) mass is 392 g/mol. The van der Waals surface area contributed by atoms with Crippen molar-refractivity contribution in [3.8, 4) is 0 Å². The first-order chi connectivity index (χ1) is 14.0. The van der Waals surface area contributed by atoms with Gasteiger partial charge in [0.1, 0.15) is 23.7 Å². The van der Waals surface area contributed by atoms with Gasteiger partial charge in [0.15, 0.2) is 0 Å². The lowest BCUT2D eigenvalue weighted by atomic mass is 9.75. The number of rotatable bonds is 2. The van der Waals surface area contributed by atoms with Gasteiger partial charge in [0.25, 0.3) is 0 Å². The maximum absolute atomic E-state index is 13.9. The molecule has 3 aromatic rings. The van der Waals surface area contributed by atoms with Crippen LogP contribution in [0.25, 0.3) is 0 Å². The predicted molar refractivity (Wildman–Crippen MR) is 103 cm³/mol. The third kappa shape index (κ3) is 3.03. The number of anilines is 1. The van der Waals surface area contributed by atoms with Crippen molar-refractivity contribution in [2.45, 2.75) is 25.3 Å². The fourth-order valence-corrected chi connectivity index (χ4v) is 4.28. The number of carbonyl (C=O) groups is 1. The van der Waals surface area contributed by atoms with E-state index in [0.717, 1.165) is 17.2 Å². The topological polar surface area (TPSA) is 59.8 Å². The maximum atomic E-state index is 13.9. The molecule has 0 bridgehead atoms. The van der Waals surface area contributed by atoms with E-state index >= 15 is 0 Å². The fourth-order valence-electron chi connectivity index (χ4n) is 4.28. The van der Waals surface area contributed by atoms with E-state index in [1.165, 1.54) is 23.1 Å². The number of nitrogens with zero attached hydrogens (tertiary/aromatic N) is 3. The smallest absolute Gasteiger partial charge is 0.226 e. The molecule has 0 radical (unpaired) electrons. The molecule has 0 fully saturated rings. The number of nitrogens with one attached hydrogen (secondary N) is 1. The maximum Gasteiger partial charge on any atom is 0.226 e. The summed E-state index contributed by atoms with van der Waals surface area (Å²) in [5.41, 5.74) is 3.26. The molecule has 3 atom stereocenters. The lowest BCUT2D eigenvalue weighted by molar-refractivity contribution is -0.123. The second-order valence-corrected chi connectivity index (χ2v) is 7.59. The average molecular weight is 392 g/mol. The molecule has 0 saturated heterocycles. The molecular weight excluding hydrogens is 374 g/mol. The molecule has 0 unspecified atom stereocenters. The highest BCUT2D eigenvalue weighted by molar-refractivity contribution is 5.88. The van der Waals surface area contributed by atoms with Gasteiger partial charge in [-0.15, -0.1) is 0 Å². The van der Waals surface area contributed by atoms with Crippen molar-refractivity contribution < 1.29 is 13.6 Å². The van der Waals surface area contributed by atoms with Gasteiger partial charge in [-0.05, 0) is 30.2 Å². The van der Waals surface area contributed by atoms with Crippen LogP contribution < -0.4 is 5.32 Å². The number of hydrogen-bond donors (Lipinski definition) is 1. The van der Waals surface area contributed by atoms with Crippen LogP contribution in [0.15, 0.2) is 60.6 Å². The minimum Gasteiger partial charge on any atom is -0.328 e. The fraction of sp³-hybridized carbons (Fsp3) is 0.227. The largest absolute Gasteiger partial charge is 0.328 e. The molecule has 5 rings (SSSR count). The summed E-state index contributed by atoms with van der Waals surface area (Å²) in [6.45, 7) is 2.02. The van der Waals surface area contributed by atoms with Crippen LogP contribution in [0.2, 0.25) is 0 Å². The van der Waals surface area contributed by atoms with Crippen LogP contribution in [0.1, 0.15) is 35.1 Å². The summed E-state index contributed by atoms with van der Waals surface area (Å²) in [6.07, 6.45) is 3.71. The van der Waals surface area contributed by atoms with Crippen molar-refractivity contribution in [1.29, 1.82) is 0 Å². The van der Waals surface area contributed by atoms with Gasteiger partial charge in [-0.1, -0.05) is 35.9 Å². The molecule has 0 spiro atoms. The van der Waals surface area contributed by atoms with Crippen LogP contribution in [0.5, 0.6) is 0 Å². The molecule has 1 aliphatic heterocycles. The van der Waals surface area contributed by atoms with Gasteiger partial charge in [0.2, 0.25) is 5.95 Å². The number of hydrogen-bond acceptors (Lipinski definition) is 4. The quantitative estimate of drug-likeness (QED) is 0.712. The summed E-state index contributed by atoms with van der Waals surface area (Å²) >= 11 is 0. The Morgan fingerprint density at radius 2 is 1.79 bits per heavy atom.